The Kier molecular flexibility index (Phi) is 3.75. The molecule has 2 unspecified atom stereocenters. The maximum absolute atomic E-state index is 13.0. The zero-order chi connectivity index (χ0) is 14.8. The van der Waals surface area contributed by atoms with E-state index >= 15 is 0 Å². The van der Waals surface area contributed by atoms with E-state index in [0.717, 1.165) is 5.56 Å². The molecule has 1 fully saturated rings. The van der Waals surface area contributed by atoms with Gasteiger partial charge in [0.2, 0.25) is 0 Å². The van der Waals surface area contributed by atoms with Gasteiger partial charge in [-0.3, -0.25) is 4.79 Å². The first-order valence-corrected chi connectivity index (χ1v) is 6.87. The second kappa shape index (κ2) is 5.69. The minimum Gasteiger partial charge on any atom is -0.459 e. The van der Waals surface area contributed by atoms with Crippen molar-refractivity contribution in [2.45, 2.75) is 19.1 Å². The summed E-state index contributed by atoms with van der Waals surface area (Å²) in [5.41, 5.74) is 0.861. The van der Waals surface area contributed by atoms with Crippen LogP contribution in [0.1, 0.15) is 29.1 Å². The molecule has 110 valence electrons. The van der Waals surface area contributed by atoms with Crippen LogP contribution in [0.25, 0.3) is 0 Å². The van der Waals surface area contributed by atoms with Crippen molar-refractivity contribution in [2.75, 3.05) is 13.1 Å². The molecule has 3 rings (SSSR count). The van der Waals surface area contributed by atoms with Crippen molar-refractivity contribution in [3.63, 3.8) is 0 Å². The molecule has 1 saturated heterocycles. The van der Waals surface area contributed by atoms with E-state index in [1.165, 1.54) is 18.4 Å². The second-order valence-electron chi connectivity index (χ2n) is 5.17. The Morgan fingerprint density at radius 3 is 2.67 bits per heavy atom. The predicted octanol–water partition coefficient (Wildman–Crippen LogP) is 3.02. The number of nitrogens with zero attached hydrogens (tertiary/aromatic N) is 1. The van der Waals surface area contributed by atoms with Crippen LogP contribution in [0.4, 0.5) is 4.39 Å². The van der Waals surface area contributed by atoms with E-state index in [-0.39, 0.29) is 23.9 Å². The van der Waals surface area contributed by atoms with E-state index < -0.39 is 0 Å². The van der Waals surface area contributed by atoms with E-state index in [2.05, 4.69) is 0 Å². The first-order chi connectivity index (χ1) is 10.1. The summed E-state index contributed by atoms with van der Waals surface area (Å²) in [4.78, 5) is 14.1. The fraction of sp³-hybridized carbons (Fsp3) is 0.312. The van der Waals surface area contributed by atoms with Gasteiger partial charge in [0.1, 0.15) is 11.9 Å². The summed E-state index contributed by atoms with van der Waals surface area (Å²) in [6.07, 6.45) is 1.13. The molecule has 2 aromatic rings. The van der Waals surface area contributed by atoms with E-state index in [1.807, 2.05) is 6.92 Å². The third kappa shape index (κ3) is 2.97. The van der Waals surface area contributed by atoms with Crippen LogP contribution in [-0.4, -0.2) is 30.0 Å². The van der Waals surface area contributed by atoms with Crippen LogP contribution in [0, 0.1) is 5.82 Å². The molecule has 5 heteroatoms. The quantitative estimate of drug-likeness (QED) is 0.853. The molecule has 1 amide bonds. The van der Waals surface area contributed by atoms with Crippen LogP contribution in [-0.2, 0) is 4.74 Å². The van der Waals surface area contributed by atoms with Crippen molar-refractivity contribution in [1.29, 1.82) is 0 Å². The Morgan fingerprint density at radius 1 is 1.24 bits per heavy atom. The summed E-state index contributed by atoms with van der Waals surface area (Å²) in [7, 11) is 0. The Bertz CT molecular complexity index is 609. The minimum absolute atomic E-state index is 0.0901. The Labute approximate surface area is 122 Å². The third-order valence-corrected chi connectivity index (χ3v) is 3.52. The van der Waals surface area contributed by atoms with Crippen molar-refractivity contribution in [3.05, 3.63) is 59.8 Å². The molecule has 4 nitrogen and oxygen atoms in total. The number of ether oxygens (including phenoxy) is 1. The Morgan fingerprint density at radius 2 is 2.00 bits per heavy atom. The molecule has 0 spiro atoms. The van der Waals surface area contributed by atoms with Gasteiger partial charge in [0.25, 0.3) is 5.91 Å². The summed E-state index contributed by atoms with van der Waals surface area (Å²) in [5.74, 6) is -0.115. The highest BCUT2D eigenvalue weighted by molar-refractivity contribution is 5.91. The molecule has 1 aliphatic heterocycles. The maximum atomic E-state index is 13.0. The lowest BCUT2D eigenvalue weighted by molar-refractivity contribution is -0.0697. The number of rotatable bonds is 2. The lowest BCUT2D eigenvalue weighted by Crippen LogP contribution is -2.45. The minimum atomic E-state index is -0.286. The highest BCUT2D eigenvalue weighted by Crippen LogP contribution is 2.26. The van der Waals surface area contributed by atoms with Gasteiger partial charge in [0, 0.05) is 6.54 Å². The predicted molar refractivity (Wildman–Crippen MR) is 74.3 cm³/mol. The topological polar surface area (TPSA) is 42.7 Å². The second-order valence-corrected chi connectivity index (χ2v) is 5.17. The van der Waals surface area contributed by atoms with E-state index in [4.69, 9.17) is 9.15 Å². The number of halogens is 1. The van der Waals surface area contributed by atoms with Crippen molar-refractivity contribution in [3.8, 4) is 0 Å². The normalized spacial score (nSPS) is 22.3. The van der Waals surface area contributed by atoms with Crippen molar-refractivity contribution in [1.82, 2.24) is 4.90 Å². The van der Waals surface area contributed by atoms with Gasteiger partial charge in [-0.25, -0.2) is 4.39 Å². The molecule has 1 aromatic carbocycles. The summed E-state index contributed by atoms with van der Waals surface area (Å²) in [5, 5.41) is 0. The smallest absolute Gasteiger partial charge is 0.289 e. The number of hydrogen-bond donors (Lipinski definition) is 0. The molecule has 0 radical (unpaired) electrons. The molecule has 1 aliphatic rings. The molecule has 2 atom stereocenters. The first-order valence-electron chi connectivity index (χ1n) is 6.87. The van der Waals surface area contributed by atoms with Crippen molar-refractivity contribution in [2.24, 2.45) is 0 Å². The van der Waals surface area contributed by atoms with E-state index in [0.29, 0.717) is 18.8 Å². The molecule has 1 aromatic heterocycles. The summed E-state index contributed by atoms with van der Waals surface area (Å²) < 4.78 is 24.0. The summed E-state index contributed by atoms with van der Waals surface area (Å²) in [6.45, 7) is 2.85. The summed E-state index contributed by atoms with van der Waals surface area (Å²) in [6, 6.07) is 9.51. The Balaban J connectivity index is 1.78. The van der Waals surface area contributed by atoms with Gasteiger partial charge in [-0.1, -0.05) is 12.1 Å². The van der Waals surface area contributed by atoms with Gasteiger partial charge >= 0.3 is 0 Å². The van der Waals surface area contributed by atoms with Crippen LogP contribution < -0.4 is 0 Å². The van der Waals surface area contributed by atoms with Gasteiger partial charge in [0.05, 0.1) is 18.9 Å². The number of hydrogen-bond acceptors (Lipinski definition) is 3. The van der Waals surface area contributed by atoms with Crippen LogP contribution in [0.3, 0.4) is 0 Å². The molecule has 2 heterocycles. The van der Waals surface area contributed by atoms with Crippen LogP contribution in [0.15, 0.2) is 47.1 Å². The van der Waals surface area contributed by atoms with Gasteiger partial charge in [0.15, 0.2) is 5.76 Å². The van der Waals surface area contributed by atoms with Crippen LogP contribution in [0.5, 0.6) is 0 Å². The number of benzene rings is 1. The molecular formula is C16H16FNO3. The van der Waals surface area contributed by atoms with E-state index in [9.17, 15) is 9.18 Å². The Hall–Kier alpha value is -2.14. The largest absolute Gasteiger partial charge is 0.459 e. The number of carbonyl (C=O) groups excluding carboxylic acids is 1. The molecule has 21 heavy (non-hydrogen) atoms. The van der Waals surface area contributed by atoms with E-state index in [1.54, 1.807) is 29.2 Å². The zero-order valence-corrected chi connectivity index (χ0v) is 11.7. The van der Waals surface area contributed by atoms with Gasteiger partial charge in [-0.2, -0.15) is 0 Å². The molecule has 0 N–H and O–H groups in total. The average Bonchev–Trinajstić information content (AvgIpc) is 3.00. The molecular weight excluding hydrogens is 273 g/mol. The van der Waals surface area contributed by atoms with Gasteiger partial charge < -0.3 is 14.1 Å². The molecule has 0 aliphatic carbocycles. The number of morpholine rings is 1. The fourth-order valence-electron chi connectivity index (χ4n) is 2.53. The van der Waals surface area contributed by atoms with Crippen molar-refractivity contribution < 1.29 is 18.3 Å². The lowest BCUT2D eigenvalue weighted by Gasteiger charge is -2.36. The highest BCUT2D eigenvalue weighted by atomic mass is 19.1. The third-order valence-electron chi connectivity index (χ3n) is 3.52. The zero-order valence-electron chi connectivity index (χ0n) is 11.7. The molecule has 0 saturated carbocycles. The lowest BCUT2D eigenvalue weighted by atomic mass is 10.1. The maximum Gasteiger partial charge on any atom is 0.289 e. The molecule has 0 bridgehead atoms. The van der Waals surface area contributed by atoms with Gasteiger partial charge in [-0.15, -0.1) is 0 Å². The van der Waals surface area contributed by atoms with Crippen LogP contribution >= 0.6 is 0 Å². The van der Waals surface area contributed by atoms with Crippen molar-refractivity contribution >= 4 is 5.91 Å². The number of furan rings is 1. The first kappa shape index (κ1) is 13.8. The highest BCUT2D eigenvalue weighted by Gasteiger charge is 2.30. The monoisotopic (exact) mass is 289 g/mol. The number of carbonyl (C=O) groups is 1. The van der Waals surface area contributed by atoms with Gasteiger partial charge in [-0.05, 0) is 36.8 Å². The fourth-order valence-corrected chi connectivity index (χ4v) is 2.53. The average molecular weight is 289 g/mol. The number of amides is 1. The SMILES string of the molecule is CC1CN(C(=O)c2ccco2)CC(c2ccc(F)cc2)O1. The van der Waals surface area contributed by atoms with Crippen LogP contribution in [0.2, 0.25) is 0 Å². The summed E-state index contributed by atoms with van der Waals surface area (Å²) >= 11 is 0. The standard InChI is InChI=1S/C16H16FNO3/c1-11-9-18(16(19)14-3-2-8-20-14)10-15(21-11)12-4-6-13(17)7-5-12/h2-8,11,15H,9-10H2,1H3.